The number of hydrogen-bond acceptors (Lipinski definition) is 8. The zero-order valence-electron chi connectivity index (χ0n) is 15.9. The fraction of sp³-hybridized carbons (Fsp3) is 0.263. The maximum atomic E-state index is 12.3. The molecule has 2 aliphatic heterocycles. The first-order valence-electron chi connectivity index (χ1n) is 8.98. The summed E-state index contributed by atoms with van der Waals surface area (Å²) in [6.07, 6.45) is 4.14. The van der Waals surface area contributed by atoms with Crippen LogP contribution in [0.4, 0.5) is 10.6 Å². The van der Waals surface area contributed by atoms with Crippen LogP contribution < -0.4 is 10.6 Å². The van der Waals surface area contributed by atoms with Crippen LogP contribution in [-0.4, -0.2) is 76.2 Å². The second-order valence-corrected chi connectivity index (χ2v) is 6.75. The predicted octanol–water partition coefficient (Wildman–Crippen LogP) is 0.340. The van der Waals surface area contributed by atoms with Crippen molar-refractivity contribution in [1.82, 2.24) is 25.1 Å². The maximum absolute atomic E-state index is 12.3. The van der Waals surface area contributed by atoms with Gasteiger partial charge in [0.2, 0.25) is 0 Å². The average Bonchev–Trinajstić information content (AvgIpc) is 3.21. The summed E-state index contributed by atoms with van der Waals surface area (Å²) in [5.74, 6) is 0.612. The standard InChI is InChI=1S/C19H19N7O3/c1-25-17-15(18(28)26(2)19(25)29)23-16(24-17)12-5-6-14(21-9-12)22-10-13(27)11-4-3-7-20-8-11/h3-9,15,17H,10H2,1-2H3,(H,21,22)(H,23,24). The summed E-state index contributed by atoms with van der Waals surface area (Å²) in [5.41, 5.74) is 1.21. The lowest BCUT2D eigenvalue weighted by Crippen LogP contribution is -2.63. The third kappa shape index (κ3) is 3.40. The van der Waals surface area contributed by atoms with Crippen molar-refractivity contribution in [3.05, 3.63) is 54.0 Å². The van der Waals surface area contributed by atoms with Gasteiger partial charge in [-0.3, -0.25) is 19.5 Å². The number of carbonyl (C=O) groups is 3. The summed E-state index contributed by atoms with van der Waals surface area (Å²) in [4.78, 5) is 51.8. The molecule has 3 amide bonds. The molecule has 2 aromatic rings. The minimum Gasteiger partial charge on any atom is -0.363 e. The van der Waals surface area contributed by atoms with Gasteiger partial charge in [0.05, 0.1) is 6.54 Å². The van der Waals surface area contributed by atoms with E-state index in [1.807, 2.05) is 0 Å². The van der Waals surface area contributed by atoms with Crippen LogP contribution in [0.15, 0.2) is 47.8 Å². The molecule has 10 nitrogen and oxygen atoms in total. The quantitative estimate of drug-likeness (QED) is 0.703. The zero-order chi connectivity index (χ0) is 20.5. The van der Waals surface area contributed by atoms with Gasteiger partial charge in [-0.25, -0.2) is 14.8 Å². The number of anilines is 1. The van der Waals surface area contributed by atoms with E-state index in [0.29, 0.717) is 22.8 Å². The Morgan fingerprint density at radius 3 is 2.72 bits per heavy atom. The molecule has 2 atom stereocenters. The number of fused-ring (bicyclic) bond motifs is 1. The van der Waals surface area contributed by atoms with Gasteiger partial charge in [-0.1, -0.05) is 0 Å². The Bertz CT molecular complexity index is 991. The number of likely N-dealkylation sites (N-methyl/N-ethyl adjacent to an activating group) is 2. The Labute approximate surface area is 166 Å². The van der Waals surface area contributed by atoms with Crippen LogP contribution >= 0.6 is 0 Å². The molecule has 1 saturated heterocycles. The predicted molar refractivity (Wildman–Crippen MR) is 104 cm³/mol. The molecular formula is C19H19N7O3. The van der Waals surface area contributed by atoms with Gasteiger partial charge >= 0.3 is 6.03 Å². The van der Waals surface area contributed by atoms with Gasteiger partial charge in [-0.05, 0) is 24.3 Å². The number of ketones is 1. The van der Waals surface area contributed by atoms with Crippen molar-refractivity contribution in [2.24, 2.45) is 4.99 Å². The van der Waals surface area contributed by atoms with E-state index in [-0.39, 0.29) is 24.3 Å². The number of hydrogen-bond donors (Lipinski definition) is 2. The number of aliphatic imine (C=N–C) groups is 1. The second kappa shape index (κ2) is 7.30. The Morgan fingerprint density at radius 2 is 2.03 bits per heavy atom. The number of aromatic nitrogens is 2. The molecule has 148 valence electrons. The number of amides is 3. The van der Waals surface area contributed by atoms with E-state index in [2.05, 4.69) is 25.6 Å². The number of nitrogens with zero attached hydrogens (tertiary/aromatic N) is 5. The van der Waals surface area contributed by atoms with Gasteiger partial charge in [0.25, 0.3) is 5.91 Å². The van der Waals surface area contributed by atoms with E-state index >= 15 is 0 Å². The molecule has 2 unspecified atom stereocenters. The lowest BCUT2D eigenvalue weighted by molar-refractivity contribution is -0.133. The third-order valence-corrected chi connectivity index (χ3v) is 4.88. The zero-order valence-corrected chi connectivity index (χ0v) is 15.9. The first-order chi connectivity index (χ1) is 14.0. The Hall–Kier alpha value is -3.82. The molecule has 10 heteroatoms. The summed E-state index contributed by atoms with van der Waals surface area (Å²) >= 11 is 0. The van der Waals surface area contributed by atoms with Gasteiger partial charge in [-0.15, -0.1) is 0 Å². The number of amidine groups is 1. The molecular weight excluding hydrogens is 374 g/mol. The van der Waals surface area contributed by atoms with Crippen molar-refractivity contribution in [1.29, 1.82) is 0 Å². The molecule has 1 fully saturated rings. The molecule has 4 heterocycles. The number of pyridine rings is 2. The monoisotopic (exact) mass is 393 g/mol. The van der Waals surface area contributed by atoms with Crippen LogP contribution in [-0.2, 0) is 4.79 Å². The molecule has 0 radical (unpaired) electrons. The summed E-state index contributed by atoms with van der Waals surface area (Å²) in [5, 5.41) is 6.05. The van der Waals surface area contributed by atoms with E-state index in [1.165, 1.54) is 18.1 Å². The fourth-order valence-electron chi connectivity index (χ4n) is 3.22. The van der Waals surface area contributed by atoms with E-state index in [0.717, 1.165) is 4.90 Å². The smallest absolute Gasteiger partial charge is 0.328 e. The van der Waals surface area contributed by atoms with Crippen LogP contribution in [0, 0.1) is 0 Å². The number of rotatable bonds is 5. The van der Waals surface area contributed by atoms with Gasteiger partial charge in [0, 0.05) is 43.8 Å². The largest absolute Gasteiger partial charge is 0.363 e. The molecule has 0 spiro atoms. The third-order valence-electron chi connectivity index (χ3n) is 4.88. The van der Waals surface area contributed by atoms with Crippen LogP contribution in [0.3, 0.4) is 0 Å². The topological polar surface area (TPSA) is 120 Å². The van der Waals surface area contributed by atoms with Crippen molar-refractivity contribution < 1.29 is 14.4 Å². The minimum absolute atomic E-state index is 0.0924. The van der Waals surface area contributed by atoms with Crippen LogP contribution in [0.2, 0.25) is 0 Å². The minimum atomic E-state index is -0.618. The lowest BCUT2D eigenvalue weighted by Gasteiger charge is -2.36. The highest BCUT2D eigenvalue weighted by Gasteiger charge is 2.46. The van der Waals surface area contributed by atoms with E-state index in [1.54, 1.807) is 43.7 Å². The highest BCUT2D eigenvalue weighted by atomic mass is 16.2. The molecule has 0 saturated carbocycles. The van der Waals surface area contributed by atoms with Gasteiger partial charge in [0.1, 0.15) is 17.7 Å². The maximum Gasteiger partial charge on any atom is 0.328 e. The number of urea groups is 1. The van der Waals surface area contributed by atoms with Crippen molar-refractivity contribution in [3.63, 3.8) is 0 Å². The first-order valence-corrected chi connectivity index (χ1v) is 8.98. The summed E-state index contributed by atoms with van der Waals surface area (Å²) in [6, 6.07) is 5.91. The summed E-state index contributed by atoms with van der Waals surface area (Å²) < 4.78 is 0. The van der Waals surface area contributed by atoms with Crippen molar-refractivity contribution in [3.8, 4) is 0 Å². The molecule has 0 aromatic carbocycles. The summed E-state index contributed by atoms with van der Waals surface area (Å²) in [7, 11) is 3.06. The molecule has 29 heavy (non-hydrogen) atoms. The molecule has 0 aliphatic carbocycles. The molecule has 4 rings (SSSR count). The Kier molecular flexibility index (Phi) is 4.67. The second-order valence-electron chi connectivity index (χ2n) is 6.75. The number of Topliss-reactive ketones (excluding diaryl/α,β-unsaturated/α-hetero) is 1. The number of imide groups is 1. The van der Waals surface area contributed by atoms with Crippen molar-refractivity contribution in [2.75, 3.05) is 26.0 Å². The highest BCUT2D eigenvalue weighted by molar-refractivity contribution is 6.08. The lowest BCUT2D eigenvalue weighted by atomic mass is 10.1. The van der Waals surface area contributed by atoms with Gasteiger partial charge < -0.3 is 15.5 Å². The average molecular weight is 393 g/mol. The molecule has 2 aromatic heterocycles. The SMILES string of the molecule is CN1C(=O)C2NC(c3ccc(NCC(=O)c4cccnc4)nc3)=NC2N(C)C1=O. The van der Waals surface area contributed by atoms with Crippen LogP contribution in [0.25, 0.3) is 0 Å². The van der Waals surface area contributed by atoms with E-state index in [9.17, 15) is 14.4 Å². The van der Waals surface area contributed by atoms with Crippen molar-refractivity contribution >= 4 is 29.4 Å². The van der Waals surface area contributed by atoms with E-state index in [4.69, 9.17) is 0 Å². The number of nitrogens with one attached hydrogen (secondary N) is 2. The summed E-state index contributed by atoms with van der Waals surface area (Å²) in [6.45, 7) is 0.0924. The number of carbonyl (C=O) groups excluding carboxylic acids is 3. The first kappa shape index (κ1) is 18.5. The Morgan fingerprint density at radius 1 is 1.21 bits per heavy atom. The molecule has 0 bridgehead atoms. The van der Waals surface area contributed by atoms with E-state index < -0.39 is 12.2 Å². The van der Waals surface area contributed by atoms with Crippen LogP contribution in [0.5, 0.6) is 0 Å². The normalized spacial score (nSPS) is 20.8. The fourth-order valence-corrected chi connectivity index (χ4v) is 3.22. The Balaban J connectivity index is 1.43. The van der Waals surface area contributed by atoms with Gasteiger partial charge in [0.15, 0.2) is 11.9 Å². The van der Waals surface area contributed by atoms with Crippen molar-refractivity contribution in [2.45, 2.75) is 12.2 Å². The van der Waals surface area contributed by atoms with Gasteiger partial charge in [-0.2, -0.15) is 0 Å². The molecule has 2 aliphatic rings. The molecule has 2 N–H and O–H groups in total. The highest BCUT2D eigenvalue weighted by Crippen LogP contribution is 2.22. The van der Waals surface area contributed by atoms with Crippen LogP contribution in [0.1, 0.15) is 15.9 Å².